The van der Waals surface area contributed by atoms with Gasteiger partial charge in [-0.1, -0.05) is 24.3 Å². The number of ether oxygens (including phenoxy) is 1. The molecule has 124 valence electrons. The highest BCUT2D eigenvalue weighted by Crippen LogP contribution is 2.37. The first-order valence-electron chi connectivity index (χ1n) is 8.33. The third-order valence-corrected chi connectivity index (χ3v) is 5.11. The first kappa shape index (κ1) is 15.1. The van der Waals surface area contributed by atoms with Crippen LogP contribution in [-0.4, -0.2) is 43.6 Å². The summed E-state index contributed by atoms with van der Waals surface area (Å²) in [5.74, 6) is -0.0675. The van der Waals surface area contributed by atoms with Crippen LogP contribution in [0.2, 0.25) is 0 Å². The molecule has 5 heteroatoms. The minimum atomic E-state index is -0.121. The number of methoxy groups -OCH3 is 1. The zero-order valence-electron chi connectivity index (χ0n) is 13.7. The molecule has 1 saturated heterocycles. The lowest BCUT2D eigenvalue weighted by molar-refractivity contribution is -0.147. The Labute approximate surface area is 140 Å². The Morgan fingerprint density at radius 1 is 1.17 bits per heavy atom. The zero-order valence-corrected chi connectivity index (χ0v) is 13.7. The van der Waals surface area contributed by atoms with E-state index in [2.05, 4.69) is 4.90 Å². The Kier molecular flexibility index (Phi) is 3.73. The molecule has 0 atom stereocenters. The molecule has 0 bridgehead atoms. The normalized spacial score (nSPS) is 18.4. The van der Waals surface area contributed by atoms with Crippen LogP contribution in [0.25, 0.3) is 10.8 Å². The SMILES string of the molecule is COC(=O)C1CCN(CN2C(=O)c3cccc4cccc2c34)CC1. The topological polar surface area (TPSA) is 49.9 Å². The molecule has 5 nitrogen and oxygen atoms in total. The summed E-state index contributed by atoms with van der Waals surface area (Å²) < 4.78 is 4.83. The third-order valence-electron chi connectivity index (χ3n) is 5.11. The minimum Gasteiger partial charge on any atom is -0.469 e. The second-order valence-corrected chi connectivity index (χ2v) is 6.47. The lowest BCUT2D eigenvalue weighted by Crippen LogP contribution is -2.44. The van der Waals surface area contributed by atoms with E-state index < -0.39 is 0 Å². The van der Waals surface area contributed by atoms with Crippen molar-refractivity contribution in [3.05, 3.63) is 42.0 Å². The number of amides is 1. The monoisotopic (exact) mass is 324 g/mol. The third kappa shape index (κ3) is 2.36. The predicted molar refractivity (Wildman–Crippen MR) is 91.9 cm³/mol. The van der Waals surface area contributed by atoms with Crippen molar-refractivity contribution in [2.24, 2.45) is 5.92 Å². The van der Waals surface area contributed by atoms with Crippen molar-refractivity contribution in [3.8, 4) is 0 Å². The van der Waals surface area contributed by atoms with Crippen molar-refractivity contribution in [1.29, 1.82) is 0 Å². The fraction of sp³-hybridized carbons (Fsp3) is 0.368. The molecule has 0 radical (unpaired) electrons. The molecule has 0 unspecified atom stereocenters. The number of anilines is 1. The Hall–Kier alpha value is -2.40. The molecule has 0 aromatic heterocycles. The number of piperidine rings is 1. The zero-order chi connectivity index (χ0) is 16.7. The van der Waals surface area contributed by atoms with Gasteiger partial charge in [-0.15, -0.1) is 0 Å². The molecule has 2 aliphatic heterocycles. The van der Waals surface area contributed by atoms with Crippen LogP contribution in [0.4, 0.5) is 5.69 Å². The molecule has 2 heterocycles. The van der Waals surface area contributed by atoms with Crippen LogP contribution in [0, 0.1) is 5.92 Å². The number of hydrogen-bond acceptors (Lipinski definition) is 4. The number of esters is 1. The number of carbonyl (C=O) groups excluding carboxylic acids is 2. The van der Waals surface area contributed by atoms with Gasteiger partial charge in [0.15, 0.2) is 0 Å². The number of rotatable bonds is 3. The summed E-state index contributed by atoms with van der Waals surface area (Å²) in [7, 11) is 1.44. The maximum atomic E-state index is 12.8. The Morgan fingerprint density at radius 3 is 2.58 bits per heavy atom. The number of carbonyl (C=O) groups is 2. The quantitative estimate of drug-likeness (QED) is 0.815. The maximum absolute atomic E-state index is 12.8. The summed E-state index contributed by atoms with van der Waals surface area (Å²) >= 11 is 0. The van der Waals surface area contributed by atoms with E-state index in [1.807, 2.05) is 41.3 Å². The summed E-state index contributed by atoms with van der Waals surface area (Å²) in [6.45, 7) is 2.17. The smallest absolute Gasteiger partial charge is 0.308 e. The van der Waals surface area contributed by atoms with E-state index in [4.69, 9.17) is 4.74 Å². The summed E-state index contributed by atoms with van der Waals surface area (Å²) in [5, 5.41) is 2.15. The van der Waals surface area contributed by atoms with Crippen molar-refractivity contribution >= 4 is 28.3 Å². The molecule has 0 aliphatic carbocycles. The van der Waals surface area contributed by atoms with Gasteiger partial charge in [-0.2, -0.15) is 0 Å². The van der Waals surface area contributed by atoms with Crippen molar-refractivity contribution in [1.82, 2.24) is 4.90 Å². The van der Waals surface area contributed by atoms with E-state index in [-0.39, 0.29) is 17.8 Å². The van der Waals surface area contributed by atoms with Crippen LogP contribution in [0.3, 0.4) is 0 Å². The standard InChI is InChI=1S/C19H20N2O3/c1-24-19(23)14-8-10-20(11-9-14)12-21-16-7-3-5-13-4-2-6-15(17(13)16)18(21)22/h2-7,14H,8-12H2,1H3. The molecule has 2 aliphatic rings. The Morgan fingerprint density at radius 2 is 1.88 bits per heavy atom. The van der Waals surface area contributed by atoms with Gasteiger partial charge in [0.05, 0.1) is 25.4 Å². The second kappa shape index (κ2) is 5.91. The molecule has 4 rings (SSSR count). The molecule has 1 fully saturated rings. The van der Waals surface area contributed by atoms with Gasteiger partial charge in [-0.25, -0.2) is 0 Å². The van der Waals surface area contributed by atoms with E-state index in [9.17, 15) is 9.59 Å². The largest absolute Gasteiger partial charge is 0.469 e. The number of benzene rings is 2. The first-order valence-corrected chi connectivity index (χ1v) is 8.33. The van der Waals surface area contributed by atoms with Gasteiger partial charge in [0.2, 0.25) is 0 Å². The summed E-state index contributed by atoms with van der Waals surface area (Å²) in [4.78, 5) is 28.5. The average Bonchev–Trinajstić information content (AvgIpc) is 2.90. The highest BCUT2D eigenvalue weighted by atomic mass is 16.5. The second-order valence-electron chi connectivity index (χ2n) is 6.47. The fourth-order valence-corrected chi connectivity index (χ4v) is 3.80. The lowest BCUT2D eigenvalue weighted by atomic mass is 9.97. The van der Waals surface area contributed by atoms with Crippen LogP contribution < -0.4 is 4.90 Å². The molecule has 24 heavy (non-hydrogen) atoms. The van der Waals surface area contributed by atoms with E-state index in [1.54, 1.807) is 0 Å². The van der Waals surface area contributed by atoms with E-state index >= 15 is 0 Å². The molecule has 2 aromatic rings. The Balaban J connectivity index is 1.52. The summed E-state index contributed by atoms with van der Waals surface area (Å²) in [6.07, 6.45) is 1.57. The minimum absolute atomic E-state index is 0.0128. The Bertz CT molecular complexity index is 804. The van der Waals surface area contributed by atoms with Gasteiger partial charge in [-0.05, 0) is 30.4 Å². The average molecular weight is 324 g/mol. The van der Waals surface area contributed by atoms with E-state index in [0.717, 1.165) is 48.0 Å². The van der Waals surface area contributed by atoms with Crippen molar-refractivity contribution in [2.75, 3.05) is 31.8 Å². The van der Waals surface area contributed by atoms with Crippen molar-refractivity contribution in [2.45, 2.75) is 12.8 Å². The van der Waals surface area contributed by atoms with Gasteiger partial charge in [0, 0.05) is 24.0 Å². The van der Waals surface area contributed by atoms with Gasteiger partial charge in [0.25, 0.3) is 5.91 Å². The maximum Gasteiger partial charge on any atom is 0.308 e. The van der Waals surface area contributed by atoms with Crippen LogP contribution >= 0.6 is 0 Å². The van der Waals surface area contributed by atoms with E-state index in [1.165, 1.54) is 7.11 Å². The molecule has 1 amide bonds. The molecule has 2 aromatic carbocycles. The van der Waals surface area contributed by atoms with E-state index in [0.29, 0.717) is 6.67 Å². The molecule has 0 saturated carbocycles. The first-order chi connectivity index (χ1) is 11.7. The van der Waals surface area contributed by atoms with Crippen LogP contribution in [0.1, 0.15) is 23.2 Å². The van der Waals surface area contributed by atoms with Crippen LogP contribution in [0.15, 0.2) is 36.4 Å². The lowest BCUT2D eigenvalue weighted by Gasteiger charge is -2.33. The molecule has 0 N–H and O–H groups in total. The van der Waals surface area contributed by atoms with Crippen LogP contribution in [0.5, 0.6) is 0 Å². The van der Waals surface area contributed by atoms with Crippen molar-refractivity contribution in [3.63, 3.8) is 0 Å². The molecule has 0 spiro atoms. The van der Waals surface area contributed by atoms with Gasteiger partial charge < -0.3 is 4.74 Å². The fourth-order valence-electron chi connectivity index (χ4n) is 3.80. The molecular formula is C19H20N2O3. The number of likely N-dealkylation sites (tertiary alicyclic amines) is 1. The highest BCUT2D eigenvalue weighted by Gasteiger charge is 2.32. The van der Waals surface area contributed by atoms with Gasteiger partial charge >= 0.3 is 5.97 Å². The highest BCUT2D eigenvalue weighted by molar-refractivity contribution is 6.24. The number of hydrogen-bond donors (Lipinski definition) is 0. The summed E-state index contributed by atoms with van der Waals surface area (Å²) in [6, 6.07) is 11.9. The van der Waals surface area contributed by atoms with Crippen LogP contribution in [-0.2, 0) is 9.53 Å². The number of nitrogens with zero attached hydrogens (tertiary/aromatic N) is 2. The van der Waals surface area contributed by atoms with Crippen molar-refractivity contribution < 1.29 is 14.3 Å². The summed E-state index contributed by atoms with van der Waals surface area (Å²) in [5.41, 5.74) is 1.77. The molecular weight excluding hydrogens is 304 g/mol. The van der Waals surface area contributed by atoms with Gasteiger partial charge in [0.1, 0.15) is 0 Å². The predicted octanol–water partition coefficient (Wildman–Crippen LogP) is 2.64. The van der Waals surface area contributed by atoms with Gasteiger partial charge in [-0.3, -0.25) is 19.4 Å².